The number of amides is 2. The molecular weight excluding hydrogens is 450 g/mol. The molecule has 2 aromatic carbocycles. The maximum absolute atomic E-state index is 13.6. The lowest BCUT2D eigenvalue weighted by Gasteiger charge is -2.36. The molecule has 3 rings (SSSR count). The first kappa shape index (κ1) is 26.0. The Morgan fingerprint density at radius 1 is 1.03 bits per heavy atom. The molecule has 186 valence electrons. The zero-order valence-corrected chi connectivity index (χ0v) is 21.2. The Bertz CT molecular complexity index is 1040. The normalized spacial score (nSPS) is 15.7. The van der Waals surface area contributed by atoms with E-state index in [2.05, 4.69) is 39.0 Å². The molecule has 1 fully saturated rings. The minimum atomic E-state index is -3.86. The number of hydrogen-bond acceptors (Lipinski definition) is 5. The minimum Gasteiger partial charge on any atom is -0.368 e. The van der Waals surface area contributed by atoms with Crippen LogP contribution < -0.4 is 20.3 Å². The summed E-state index contributed by atoms with van der Waals surface area (Å²) in [6.45, 7) is 10.8. The Labute approximate surface area is 203 Å². The molecule has 3 N–H and O–H groups in total. The molecule has 0 bridgehead atoms. The van der Waals surface area contributed by atoms with Crippen molar-refractivity contribution in [2.45, 2.75) is 44.6 Å². The van der Waals surface area contributed by atoms with Gasteiger partial charge >= 0.3 is 6.03 Å². The van der Waals surface area contributed by atoms with E-state index < -0.39 is 16.1 Å². The molecule has 9 heteroatoms. The molecule has 8 nitrogen and oxygen atoms in total. The lowest BCUT2D eigenvalue weighted by molar-refractivity contribution is 0.252. The first-order valence-electron chi connectivity index (χ1n) is 12.1. The molecule has 0 aromatic heterocycles. The predicted molar refractivity (Wildman–Crippen MR) is 138 cm³/mol. The van der Waals surface area contributed by atoms with Crippen LogP contribution in [0, 0.1) is 0 Å². The lowest BCUT2D eigenvalue weighted by atomic mass is 10.1. The molecule has 2 aromatic rings. The van der Waals surface area contributed by atoms with E-state index in [9.17, 15) is 13.2 Å². The highest BCUT2D eigenvalue weighted by atomic mass is 32.2. The molecule has 1 atom stereocenters. The molecular formula is C25H37N5O3S. The number of anilines is 2. The van der Waals surface area contributed by atoms with Crippen molar-refractivity contribution < 1.29 is 13.2 Å². The van der Waals surface area contributed by atoms with Crippen molar-refractivity contribution in [2.24, 2.45) is 0 Å². The maximum atomic E-state index is 13.6. The number of benzene rings is 2. The molecule has 2 amide bonds. The van der Waals surface area contributed by atoms with Gasteiger partial charge in [-0.15, -0.1) is 0 Å². The van der Waals surface area contributed by atoms with Gasteiger partial charge in [-0.1, -0.05) is 50.6 Å². The van der Waals surface area contributed by atoms with Gasteiger partial charge in [0.15, 0.2) is 0 Å². The van der Waals surface area contributed by atoms with Crippen LogP contribution in [0.2, 0.25) is 0 Å². The van der Waals surface area contributed by atoms with E-state index in [1.165, 1.54) is 0 Å². The third kappa shape index (κ3) is 6.94. The summed E-state index contributed by atoms with van der Waals surface area (Å²) in [6, 6.07) is 13.9. The fourth-order valence-corrected chi connectivity index (χ4v) is 5.52. The molecule has 0 radical (unpaired) electrons. The second kappa shape index (κ2) is 12.2. The van der Waals surface area contributed by atoms with Gasteiger partial charge in [-0.3, -0.25) is 0 Å². The number of urea groups is 1. The zero-order valence-electron chi connectivity index (χ0n) is 20.4. The molecule has 0 spiro atoms. The summed E-state index contributed by atoms with van der Waals surface area (Å²) >= 11 is 0. The smallest absolute Gasteiger partial charge is 0.319 e. The average molecular weight is 488 g/mol. The number of piperazine rings is 1. The van der Waals surface area contributed by atoms with Gasteiger partial charge in [-0.25, -0.2) is 17.9 Å². The lowest BCUT2D eigenvalue weighted by Crippen LogP contribution is -2.46. The number of likely N-dealkylation sites (N-methyl/N-ethyl adjacent to an activating group) is 1. The van der Waals surface area contributed by atoms with E-state index in [1.54, 1.807) is 18.2 Å². The number of rotatable bonds is 10. The van der Waals surface area contributed by atoms with Crippen LogP contribution in [0.1, 0.15) is 45.2 Å². The fraction of sp³-hybridized carbons (Fsp3) is 0.480. The quantitative estimate of drug-likeness (QED) is 0.444. The number of hydrogen-bond donors (Lipinski definition) is 3. The number of nitrogens with zero attached hydrogens (tertiary/aromatic N) is 2. The molecule has 0 unspecified atom stereocenters. The van der Waals surface area contributed by atoms with Crippen molar-refractivity contribution in [3.05, 3.63) is 54.1 Å². The van der Waals surface area contributed by atoms with Crippen LogP contribution in [0.4, 0.5) is 16.2 Å². The number of sulfonamides is 1. The van der Waals surface area contributed by atoms with Gasteiger partial charge in [0.1, 0.15) is 4.90 Å². The topological polar surface area (TPSA) is 93.8 Å². The summed E-state index contributed by atoms with van der Waals surface area (Å²) in [5, 5.41) is 5.58. The zero-order chi connectivity index (χ0) is 24.6. The van der Waals surface area contributed by atoms with Crippen LogP contribution in [0.5, 0.6) is 0 Å². The molecule has 1 heterocycles. The third-order valence-electron chi connectivity index (χ3n) is 6.11. The number of carbonyl (C=O) groups excluding carboxylic acids is 1. The van der Waals surface area contributed by atoms with Crippen molar-refractivity contribution in [2.75, 3.05) is 49.5 Å². The van der Waals surface area contributed by atoms with Crippen molar-refractivity contribution >= 4 is 27.4 Å². The Morgan fingerprint density at radius 3 is 2.38 bits per heavy atom. The van der Waals surface area contributed by atoms with E-state index >= 15 is 0 Å². The van der Waals surface area contributed by atoms with Crippen LogP contribution in [-0.4, -0.2) is 58.6 Å². The molecule has 1 aliphatic heterocycles. The number of nitrogens with one attached hydrogen (secondary N) is 3. The van der Waals surface area contributed by atoms with Gasteiger partial charge in [0.25, 0.3) is 0 Å². The Morgan fingerprint density at radius 2 is 1.74 bits per heavy atom. The maximum Gasteiger partial charge on any atom is 0.319 e. The van der Waals surface area contributed by atoms with E-state index in [0.717, 1.165) is 51.1 Å². The van der Waals surface area contributed by atoms with Gasteiger partial charge < -0.3 is 20.4 Å². The Balaban J connectivity index is 1.87. The van der Waals surface area contributed by atoms with Gasteiger partial charge in [-0.05, 0) is 43.7 Å². The van der Waals surface area contributed by atoms with Gasteiger partial charge in [0, 0.05) is 44.5 Å². The van der Waals surface area contributed by atoms with Crippen LogP contribution in [0.3, 0.4) is 0 Å². The van der Waals surface area contributed by atoms with Crippen molar-refractivity contribution in [3.63, 3.8) is 0 Å². The summed E-state index contributed by atoms with van der Waals surface area (Å²) in [7, 11) is -3.86. The van der Waals surface area contributed by atoms with Crippen molar-refractivity contribution in [1.82, 2.24) is 14.9 Å². The van der Waals surface area contributed by atoms with Crippen LogP contribution in [0.15, 0.2) is 53.4 Å². The Kier molecular flexibility index (Phi) is 9.32. The predicted octanol–water partition coefficient (Wildman–Crippen LogP) is 3.79. The molecule has 1 aliphatic rings. The second-order valence-electron chi connectivity index (χ2n) is 8.59. The fourth-order valence-electron chi connectivity index (χ4n) is 4.03. The second-order valence-corrected chi connectivity index (χ2v) is 10.3. The minimum absolute atomic E-state index is 0.173. The standard InChI is InChI=1S/C25H37N5O3S/c1-4-6-14-26-25(31)27-22-12-13-23(30-17-15-29(5-2)16-18-30)24(19-22)34(32,33)28-20(3)21-10-8-7-9-11-21/h7-13,19-20,28H,4-6,14-18H2,1-3H3,(H2,26,27,31)/t20-/m0/s1. The van der Waals surface area contributed by atoms with Crippen LogP contribution >= 0.6 is 0 Å². The number of unbranched alkanes of at least 4 members (excludes halogenated alkanes) is 1. The highest BCUT2D eigenvalue weighted by molar-refractivity contribution is 7.89. The van der Waals surface area contributed by atoms with E-state index in [0.29, 0.717) is 17.9 Å². The van der Waals surface area contributed by atoms with Gasteiger partial charge in [0.2, 0.25) is 10.0 Å². The van der Waals surface area contributed by atoms with Crippen LogP contribution in [-0.2, 0) is 10.0 Å². The van der Waals surface area contributed by atoms with Gasteiger partial charge in [0.05, 0.1) is 5.69 Å². The molecule has 0 saturated carbocycles. The molecule has 1 saturated heterocycles. The summed E-state index contributed by atoms with van der Waals surface area (Å²) in [4.78, 5) is 16.9. The first-order valence-corrected chi connectivity index (χ1v) is 13.6. The Hall–Kier alpha value is -2.62. The highest BCUT2D eigenvalue weighted by Gasteiger charge is 2.27. The highest BCUT2D eigenvalue weighted by Crippen LogP contribution is 2.30. The monoisotopic (exact) mass is 487 g/mol. The average Bonchev–Trinajstić information content (AvgIpc) is 2.84. The summed E-state index contributed by atoms with van der Waals surface area (Å²) in [5.41, 5.74) is 1.98. The number of carbonyl (C=O) groups is 1. The summed E-state index contributed by atoms with van der Waals surface area (Å²) < 4.78 is 30.0. The summed E-state index contributed by atoms with van der Waals surface area (Å²) in [6.07, 6.45) is 1.87. The van der Waals surface area contributed by atoms with E-state index in [1.807, 2.05) is 37.3 Å². The van der Waals surface area contributed by atoms with Crippen molar-refractivity contribution in [1.29, 1.82) is 0 Å². The summed E-state index contributed by atoms with van der Waals surface area (Å²) in [5.74, 6) is 0. The SMILES string of the molecule is CCCCNC(=O)Nc1ccc(N2CCN(CC)CC2)c(S(=O)(=O)N[C@@H](C)c2ccccc2)c1. The van der Waals surface area contributed by atoms with Crippen LogP contribution in [0.25, 0.3) is 0 Å². The molecule has 34 heavy (non-hydrogen) atoms. The first-order chi connectivity index (χ1) is 16.3. The van der Waals surface area contributed by atoms with Gasteiger partial charge in [-0.2, -0.15) is 0 Å². The van der Waals surface area contributed by atoms with E-state index in [4.69, 9.17) is 0 Å². The van der Waals surface area contributed by atoms with Crippen molar-refractivity contribution in [3.8, 4) is 0 Å². The largest absolute Gasteiger partial charge is 0.368 e. The molecule has 0 aliphatic carbocycles. The third-order valence-corrected chi connectivity index (χ3v) is 7.68. The van der Waals surface area contributed by atoms with E-state index in [-0.39, 0.29) is 10.9 Å².